The van der Waals surface area contributed by atoms with Gasteiger partial charge in [-0.05, 0) is 55.7 Å². The number of benzene rings is 1. The van der Waals surface area contributed by atoms with Crippen LogP contribution in [0.25, 0.3) is 0 Å². The molecule has 0 aliphatic heterocycles. The lowest BCUT2D eigenvalue weighted by molar-refractivity contribution is -0.131. The summed E-state index contributed by atoms with van der Waals surface area (Å²) in [5.41, 5.74) is 4.48. The standard InChI is InChI=1S/C17H25BrN2O2S/c1-12(2)11-17(3,16(19)22)20-15(21)5-4-10-23-14-8-6-13(18)7-9-14/h6-9,12H,4-5,10-11H2,1-3H3,(H2,19,22)(H,20,21). The number of rotatable bonds is 9. The molecule has 0 heterocycles. The lowest BCUT2D eigenvalue weighted by Crippen LogP contribution is -2.56. The van der Waals surface area contributed by atoms with Crippen LogP contribution in [0.3, 0.4) is 0 Å². The van der Waals surface area contributed by atoms with Gasteiger partial charge in [0.1, 0.15) is 5.54 Å². The van der Waals surface area contributed by atoms with Crippen molar-refractivity contribution in [2.45, 2.75) is 50.5 Å². The highest BCUT2D eigenvalue weighted by Crippen LogP contribution is 2.22. The summed E-state index contributed by atoms with van der Waals surface area (Å²) in [7, 11) is 0. The smallest absolute Gasteiger partial charge is 0.242 e. The summed E-state index contributed by atoms with van der Waals surface area (Å²) >= 11 is 5.12. The van der Waals surface area contributed by atoms with Crippen molar-refractivity contribution >= 4 is 39.5 Å². The second-order valence-corrected chi connectivity index (χ2v) is 8.33. The number of thioether (sulfide) groups is 1. The molecule has 6 heteroatoms. The Morgan fingerprint density at radius 2 is 1.91 bits per heavy atom. The zero-order chi connectivity index (χ0) is 17.5. The lowest BCUT2D eigenvalue weighted by Gasteiger charge is -2.29. The molecule has 0 aliphatic carbocycles. The zero-order valence-electron chi connectivity index (χ0n) is 13.9. The van der Waals surface area contributed by atoms with Crippen molar-refractivity contribution in [2.24, 2.45) is 11.7 Å². The van der Waals surface area contributed by atoms with E-state index in [0.717, 1.165) is 16.6 Å². The topological polar surface area (TPSA) is 72.2 Å². The summed E-state index contributed by atoms with van der Waals surface area (Å²) in [6, 6.07) is 8.09. The molecule has 1 atom stereocenters. The molecule has 3 N–H and O–H groups in total. The maximum atomic E-state index is 12.1. The van der Waals surface area contributed by atoms with Gasteiger partial charge in [-0.25, -0.2) is 0 Å². The number of amides is 2. The minimum Gasteiger partial charge on any atom is -0.368 e. The fourth-order valence-corrected chi connectivity index (χ4v) is 3.47. The second kappa shape index (κ2) is 9.33. The van der Waals surface area contributed by atoms with Gasteiger partial charge in [-0.1, -0.05) is 29.8 Å². The van der Waals surface area contributed by atoms with Crippen LogP contribution in [0.1, 0.15) is 40.0 Å². The van der Waals surface area contributed by atoms with Gasteiger partial charge in [0, 0.05) is 15.8 Å². The molecule has 0 saturated heterocycles. The van der Waals surface area contributed by atoms with Gasteiger partial charge in [-0.2, -0.15) is 0 Å². The van der Waals surface area contributed by atoms with E-state index in [1.807, 2.05) is 38.1 Å². The largest absolute Gasteiger partial charge is 0.368 e. The number of nitrogens with two attached hydrogens (primary N) is 1. The molecule has 2 amide bonds. The second-order valence-electron chi connectivity index (χ2n) is 6.25. The SMILES string of the molecule is CC(C)CC(C)(NC(=O)CCCSc1ccc(Br)cc1)C(N)=O. The number of hydrogen-bond donors (Lipinski definition) is 2. The first-order valence-corrected chi connectivity index (χ1v) is 9.50. The van der Waals surface area contributed by atoms with Crippen LogP contribution in [0, 0.1) is 5.92 Å². The monoisotopic (exact) mass is 400 g/mol. The normalized spacial score (nSPS) is 13.6. The molecule has 0 spiro atoms. The fraction of sp³-hybridized carbons (Fsp3) is 0.529. The van der Waals surface area contributed by atoms with Gasteiger partial charge in [0.05, 0.1) is 0 Å². The number of hydrogen-bond acceptors (Lipinski definition) is 3. The maximum absolute atomic E-state index is 12.1. The van der Waals surface area contributed by atoms with Gasteiger partial charge in [-0.3, -0.25) is 9.59 Å². The van der Waals surface area contributed by atoms with Gasteiger partial charge in [0.15, 0.2) is 0 Å². The molecule has 1 rings (SSSR count). The number of halogens is 1. The van der Waals surface area contributed by atoms with E-state index in [0.29, 0.717) is 12.8 Å². The van der Waals surface area contributed by atoms with Crippen molar-refractivity contribution in [1.82, 2.24) is 5.32 Å². The summed E-state index contributed by atoms with van der Waals surface area (Å²) in [6.07, 6.45) is 1.69. The molecule has 1 unspecified atom stereocenters. The van der Waals surface area contributed by atoms with E-state index in [4.69, 9.17) is 5.73 Å². The molecule has 0 saturated carbocycles. The van der Waals surface area contributed by atoms with Gasteiger partial charge in [-0.15, -0.1) is 11.8 Å². The van der Waals surface area contributed by atoms with Crippen LogP contribution in [0.15, 0.2) is 33.6 Å². The fourth-order valence-electron chi connectivity index (χ4n) is 2.35. The highest BCUT2D eigenvalue weighted by atomic mass is 79.9. The summed E-state index contributed by atoms with van der Waals surface area (Å²) in [5.74, 6) is 0.528. The van der Waals surface area contributed by atoms with Gasteiger partial charge in [0.2, 0.25) is 11.8 Å². The predicted octanol–water partition coefficient (Wildman–Crippen LogP) is 3.73. The van der Waals surface area contributed by atoms with Crippen molar-refractivity contribution in [3.8, 4) is 0 Å². The van der Waals surface area contributed by atoms with Crippen molar-refractivity contribution < 1.29 is 9.59 Å². The molecule has 0 bridgehead atoms. The van der Waals surface area contributed by atoms with E-state index in [2.05, 4.69) is 21.2 Å². The Balaban J connectivity index is 2.38. The van der Waals surface area contributed by atoms with Crippen LogP contribution >= 0.6 is 27.7 Å². The Labute approximate surface area is 151 Å². The summed E-state index contributed by atoms with van der Waals surface area (Å²) in [4.78, 5) is 24.9. The van der Waals surface area contributed by atoms with Crippen LogP contribution in [0.2, 0.25) is 0 Å². The summed E-state index contributed by atoms with van der Waals surface area (Å²) < 4.78 is 1.05. The van der Waals surface area contributed by atoms with Crippen LogP contribution in [-0.4, -0.2) is 23.1 Å². The van der Waals surface area contributed by atoms with Crippen molar-refractivity contribution in [3.05, 3.63) is 28.7 Å². The van der Waals surface area contributed by atoms with E-state index in [1.54, 1.807) is 18.7 Å². The third-order valence-corrected chi connectivity index (χ3v) is 5.03. The Hall–Kier alpha value is -1.01. The van der Waals surface area contributed by atoms with Crippen LogP contribution in [0.5, 0.6) is 0 Å². The van der Waals surface area contributed by atoms with E-state index in [1.165, 1.54) is 4.90 Å². The Morgan fingerprint density at radius 1 is 1.30 bits per heavy atom. The highest BCUT2D eigenvalue weighted by Gasteiger charge is 2.33. The molecule has 23 heavy (non-hydrogen) atoms. The molecule has 0 radical (unpaired) electrons. The number of nitrogens with one attached hydrogen (secondary N) is 1. The zero-order valence-corrected chi connectivity index (χ0v) is 16.3. The van der Waals surface area contributed by atoms with Crippen LogP contribution < -0.4 is 11.1 Å². The average Bonchev–Trinajstić information content (AvgIpc) is 2.44. The van der Waals surface area contributed by atoms with Gasteiger partial charge < -0.3 is 11.1 Å². The van der Waals surface area contributed by atoms with Gasteiger partial charge >= 0.3 is 0 Å². The molecule has 0 aromatic heterocycles. The Bertz CT molecular complexity index is 534. The molecule has 0 aliphatic rings. The molecular weight excluding hydrogens is 376 g/mol. The van der Waals surface area contributed by atoms with Crippen molar-refractivity contribution in [3.63, 3.8) is 0 Å². The quantitative estimate of drug-likeness (QED) is 0.489. The number of carbonyl (C=O) groups excluding carboxylic acids is 2. The Morgan fingerprint density at radius 3 is 2.43 bits per heavy atom. The molecule has 128 valence electrons. The summed E-state index contributed by atoms with van der Waals surface area (Å²) in [5, 5.41) is 2.80. The minimum atomic E-state index is -0.968. The number of primary amides is 1. The van der Waals surface area contributed by atoms with Crippen molar-refractivity contribution in [1.29, 1.82) is 0 Å². The van der Waals surface area contributed by atoms with Crippen LogP contribution in [-0.2, 0) is 9.59 Å². The van der Waals surface area contributed by atoms with E-state index in [9.17, 15) is 9.59 Å². The number of carbonyl (C=O) groups is 2. The van der Waals surface area contributed by atoms with E-state index >= 15 is 0 Å². The highest BCUT2D eigenvalue weighted by molar-refractivity contribution is 9.10. The van der Waals surface area contributed by atoms with E-state index < -0.39 is 11.4 Å². The minimum absolute atomic E-state index is 0.122. The average molecular weight is 401 g/mol. The van der Waals surface area contributed by atoms with Gasteiger partial charge in [0.25, 0.3) is 0 Å². The Kier molecular flexibility index (Phi) is 8.12. The lowest BCUT2D eigenvalue weighted by atomic mass is 9.90. The third-order valence-electron chi connectivity index (χ3n) is 3.41. The predicted molar refractivity (Wildman–Crippen MR) is 99.3 cm³/mol. The molecule has 1 aromatic carbocycles. The first-order valence-electron chi connectivity index (χ1n) is 7.72. The third kappa shape index (κ3) is 7.40. The van der Waals surface area contributed by atoms with Crippen LogP contribution in [0.4, 0.5) is 0 Å². The molecule has 0 fully saturated rings. The first kappa shape index (κ1) is 20.0. The molecule has 1 aromatic rings. The first-order chi connectivity index (χ1) is 10.7. The van der Waals surface area contributed by atoms with E-state index in [-0.39, 0.29) is 11.8 Å². The summed E-state index contributed by atoms with van der Waals surface area (Å²) in [6.45, 7) is 5.70. The molecule has 4 nitrogen and oxygen atoms in total. The maximum Gasteiger partial charge on any atom is 0.242 e. The van der Waals surface area contributed by atoms with Crippen molar-refractivity contribution in [2.75, 3.05) is 5.75 Å². The molecular formula is C17H25BrN2O2S.